The van der Waals surface area contributed by atoms with Crippen LogP contribution >= 0.6 is 15.9 Å². The molecule has 2 aliphatic rings. The van der Waals surface area contributed by atoms with Gasteiger partial charge in [-0.3, -0.25) is 4.99 Å². The molecular weight excluding hydrogens is 278 g/mol. The van der Waals surface area contributed by atoms with Crippen molar-refractivity contribution >= 4 is 33.6 Å². The van der Waals surface area contributed by atoms with Crippen molar-refractivity contribution in [2.24, 2.45) is 4.99 Å². The third-order valence-corrected chi connectivity index (χ3v) is 4.37. The average Bonchev–Trinajstić information content (AvgIpc) is 3.07. The molecule has 1 aliphatic carbocycles. The fraction of sp³-hybridized carbons (Fsp3) is 0.462. The molecule has 1 heterocycles. The summed E-state index contributed by atoms with van der Waals surface area (Å²) in [7, 11) is 2.20. The Morgan fingerprint density at radius 2 is 2.18 bits per heavy atom. The Balaban J connectivity index is 2.05. The van der Waals surface area contributed by atoms with Gasteiger partial charge in [0.25, 0.3) is 0 Å². The molecule has 0 saturated heterocycles. The van der Waals surface area contributed by atoms with E-state index in [1.165, 1.54) is 18.5 Å². The topological polar surface area (TPSA) is 27.6 Å². The third kappa shape index (κ3) is 1.95. The van der Waals surface area contributed by atoms with Gasteiger partial charge >= 0.3 is 0 Å². The van der Waals surface area contributed by atoms with E-state index in [4.69, 9.17) is 0 Å². The third-order valence-electron chi connectivity index (χ3n) is 3.88. The van der Waals surface area contributed by atoms with Crippen LogP contribution in [-0.2, 0) is 0 Å². The highest BCUT2D eigenvalue weighted by Gasteiger charge is 2.46. The number of halogens is 1. The summed E-state index contributed by atoms with van der Waals surface area (Å²) in [6.45, 7) is 0.909. The molecule has 1 fully saturated rings. The second-order valence-electron chi connectivity index (χ2n) is 4.87. The predicted octanol–water partition coefficient (Wildman–Crippen LogP) is 3.26. The van der Waals surface area contributed by atoms with Crippen LogP contribution in [0.25, 0.3) is 0 Å². The van der Waals surface area contributed by atoms with Gasteiger partial charge in [0, 0.05) is 23.6 Å². The van der Waals surface area contributed by atoms with Gasteiger partial charge < -0.3 is 10.2 Å². The zero-order valence-corrected chi connectivity index (χ0v) is 11.5. The molecule has 1 aliphatic heterocycles. The molecular formula is C13H16BrN3. The van der Waals surface area contributed by atoms with Gasteiger partial charge in [-0.1, -0.05) is 15.9 Å². The van der Waals surface area contributed by atoms with Crippen LogP contribution in [0.3, 0.4) is 0 Å². The fourth-order valence-corrected chi connectivity index (χ4v) is 2.88. The van der Waals surface area contributed by atoms with Crippen LogP contribution in [0.4, 0.5) is 11.4 Å². The van der Waals surface area contributed by atoms with Gasteiger partial charge in [-0.2, -0.15) is 0 Å². The van der Waals surface area contributed by atoms with E-state index in [1.807, 2.05) is 6.34 Å². The molecule has 1 N–H and O–H groups in total. The van der Waals surface area contributed by atoms with E-state index in [-0.39, 0.29) is 0 Å². The predicted molar refractivity (Wildman–Crippen MR) is 76.1 cm³/mol. The first kappa shape index (κ1) is 11.1. The second kappa shape index (κ2) is 4.02. The molecule has 17 heavy (non-hydrogen) atoms. The first-order valence-corrected chi connectivity index (χ1v) is 6.79. The number of nitrogens with one attached hydrogen (secondary N) is 1. The zero-order valence-electron chi connectivity index (χ0n) is 9.91. The van der Waals surface area contributed by atoms with Crippen LogP contribution in [0.1, 0.15) is 19.3 Å². The van der Waals surface area contributed by atoms with E-state index < -0.39 is 0 Å². The van der Waals surface area contributed by atoms with Crippen molar-refractivity contribution in [1.29, 1.82) is 0 Å². The number of aliphatic imine (C=N–C) groups is 1. The highest BCUT2D eigenvalue weighted by atomic mass is 79.9. The van der Waals surface area contributed by atoms with E-state index in [2.05, 4.69) is 56.4 Å². The average molecular weight is 294 g/mol. The van der Waals surface area contributed by atoms with Crippen LogP contribution in [-0.4, -0.2) is 25.5 Å². The lowest BCUT2D eigenvalue weighted by Crippen LogP contribution is -2.34. The maximum Gasteiger partial charge on any atom is 0.0868 e. The summed E-state index contributed by atoms with van der Waals surface area (Å²) in [6.07, 6.45) is 5.54. The number of nitrogens with zero attached hydrogens (tertiary/aromatic N) is 2. The second-order valence-corrected chi connectivity index (χ2v) is 5.79. The molecule has 0 atom stereocenters. The van der Waals surface area contributed by atoms with Gasteiger partial charge in [-0.15, -0.1) is 0 Å². The summed E-state index contributed by atoms with van der Waals surface area (Å²) in [4.78, 5) is 6.84. The molecule has 1 aromatic rings. The number of hydrogen-bond donors (Lipinski definition) is 1. The van der Waals surface area contributed by atoms with E-state index in [0.29, 0.717) is 5.54 Å². The Bertz CT molecular complexity index is 466. The number of benzene rings is 1. The maximum atomic E-state index is 4.41. The number of rotatable bonds is 0. The number of hydrogen-bond acceptors (Lipinski definition) is 3. The summed E-state index contributed by atoms with van der Waals surface area (Å²) in [5.41, 5.74) is 2.74. The molecule has 0 radical (unpaired) electrons. The smallest absolute Gasteiger partial charge is 0.0868 e. The van der Waals surface area contributed by atoms with Crippen molar-refractivity contribution in [2.45, 2.75) is 24.8 Å². The normalized spacial score (nSPS) is 21.2. The lowest BCUT2D eigenvalue weighted by Gasteiger charge is -2.31. The quantitative estimate of drug-likeness (QED) is 0.795. The Morgan fingerprint density at radius 1 is 1.35 bits per heavy atom. The van der Waals surface area contributed by atoms with Gasteiger partial charge in [-0.25, -0.2) is 0 Å². The van der Waals surface area contributed by atoms with Crippen molar-refractivity contribution < 1.29 is 0 Å². The lowest BCUT2D eigenvalue weighted by atomic mass is 10.1. The summed E-state index contributed by atoms with van der Waals surface area (Å²) >= 11 is 3.52. The van der Waals surface area contributed by atoms with E-state index in [0.717, 1.165) is 23.1 Å². The summed E-state index contributed by atoms with van der Waals surface area (Å²) in [5, 5.41) is 3.28. The maximum absolute atomic E-state index is 4.41. The largest absolute Gasteiger partial charge is 0.367 e. The van der Waals surface area contributed by atoms with Gasteiger partial charge in [0.15, 0.2) is 0 Å². The molecule has 3 nitrogen and oxygen atoms in total. The highest BCUT2D eigenvalue weighted by Crippen LogP contribution is 2.48. The van der Waals surface area contributed by atoms with Crippen molar-refractivity contribution in [3.8, 4) is 0 Å². The summed E-state index contributed by atoms with van der Waals surface area (Å²) < 4.78 is 1.09. The summed E-state index contributed by atoms with van der Waals surface area (Å²) in [6, 6.07) is 6.38. The van der Waals surface area contributed by atoms with Gasteiger partial charge in [0.1, 0.15) is 0 Å². The minimum absolute atomic E-state index is 0.353. The first-order chi connectivity index (χ1) is 8.21. The minimum atomic E-state index is 0.353. The number of anilines is 2. The highest BCUT2D eigenvalue weighted by molar-refractivity contribution is 9.10. The summed E-state index contributed by atoms with van der Waals surface area (Å²) in [5.74, 6) is 0. The SMILES string of the molecule is CN1c2ccc(Br)cc2NC=NCCC12CC2. The van der Waals surface area contributed by atoms with E-state index in [9.17, 15) is 0 Å². The molecule has 1 spiro atoms. The molecule has 1 saturated carbocycles. The molecule has 3 rings (SSSR count). The van der Waals surface area contributed by atoms with E-state index >= 15 is 0 Å². The molecule has 0 unspecified atom stereocenters. The van der Waals surface area contributed by atoms with Crippen LogP contribution < -0.4 is 10.2 Å². The monoisotopic (exact) mass is 293 g/mol. The Labute approximate surface area is 110 Å². The standard InChI is InChI=1S/C13H16BrN3/c1-17-12-3-2-10(14)8-11(12)16-9-15-7-6-13(17)4-5-13/h2-3,8-9H,4-7H2,1H3,(H,15,16). The Morgan fingerprint density at radius 3 is 2.94 bits per heavy atom. The van der Waals surface area contributed by atoms with Crippen molar-refractivity contribution in [1.82, 2.24) is 0 Å². The first-order valence-electron chi connectivity index (χ1n) is 6.00. The molecule has 0 amide bonds. The van der Waals surface area contributed by atoms with Gasteiger partial charge in [-0.05, 0) is 37.5 Å². The molecule has 0 bridgehead atoms. The van der Waals surface area contributed by atoms with Crippen LogP contribution in [0.15, 0.2) is 27.7 Å². The zero-order chi connectivity index (χ0) is 11.9. The molecule has 4 heteroatoms. The molecule has 0 aromatic heterocycles. The molecule has 90 valence electrons. The van der Waals surface area contributed by atoms with Gasteiger partial charge in [0.05, 0.1) is 17.7 Å². The van der Waals surface area contributed by atoms with Gasteiger partial charge in [0.2, 0.25) is 0 Å². The van der Waals surface area contributed by atoms with Crippen LogP contribution in [0.5, 0.6) is 0 Å². The van der Waals surface area contributed by atoms with Crippen molar-refractivity contribution in [3.63, 3.8) is 0 Å². The van der Waals surface area contributed by atoms with Crippen LogP contribution in [0.2, 0.25) is 0 Å². The fourth-order valence-electron chi connectivity index (χ4n) is 2.52. The Hall–Kier alpha value is -1.03. The van der Waals surface area contributed by atoms with E-state index in [1.54, 1.807) is 0 Å². The minimum Gasteiger partial charge on any atom is -0.367 e. The van der Waals surface area contributed by atoms with Crippen molar-refractivity contribution in [3.05, 3.63) is 22.7 Å². The Kier molecular flexibility index (Phi) is 2.62. The van der Waals surface area contributed by atoms with Crippen molar-refractivity contribution in [2.75, 3.05) is 23.8 Å². The molecule has 1 aromatic carbocycles. The lowest BCUT2D eigenvalue weighted by molar-refractivity contribution is 0.583. The number of fused-ring (bicyclic) bond motifs is 1. The van der Waals surface area contributed by atoms with Crippen LogP contribution in [0, 0.1) is 0 Å².